The quantitative estimate of drug-likeness (QED) is 0.602. The van der Waals surface area contributed by atoms with Crippen molar-refractivity contribution in [3.05, 3.63) is 54.6 Å². The van der Waals surface area contributed by atoms with Crippen LogP contribution in [-0.2, 0) is 14.3 Å². The number of nitrogens with one attached hydrogen (secondary N) is 1. The summed E-state index contributed by atoms with van der Waals surface area (Å²) < 4.78 is 10.5. The molecule has 0 heterocycles. The maximum atomic E-state index is 12.2. The van der Waals surface area contributed by atoms with Crippen molar-refractivity contribution in [3.63, 3.8) is 0 Å². The molecule has 2 rings (SSSR count). The Kier molecular flexibility index (Phi) is 6.89. The second-order valence-electron chi connectivity index (χ2n) is 5.34. The van der Waals surface area contributed by atoms with Gasteiger partial charge in [0.2, 0.25) is 0 Å². The van der Waals surface area contributed by atoms with E-state index in [4.69, 9.17) is 9.47 Å². The molecule has 25 heavy (non-hydrogen) atoms. The highest BCUT2D eigenvalue weighted by molar-refractivity contribution is 8.00. The highest BCUT2D eigenvalue weighted by Gasteiger charge is 2.23. The maximum absolute atomic E-state index is 12.2. The molecule has 0 aliphatic carbocycles. The summed E-state index contributed by atoms with van der Waals surface area (Å²) in [5.74, 6) is -0.298. The average molecular weight is 359 g/mol. The van der Waals surface area contributed by atoms with Gasteiger partial charge < -0.3 is 14.8 Å². The van der Waals surface area contributed by atoms with Crippen LogP contribution in [0.1, 0.15) is 13.8 Å². The van der Waals surface area contributed by atoms with Gasteiger partial charge in [-0.15, -0.1) is 11.8 Å². The van der Waals surface area contributed by atoms with Gasteiger partial charge in [-0.05, 0) is 38.1 Å². The topological polar surface area (TPSA) is 64.6 Å². The lowest BCUT2D eigenvalue weighted by atomic mass is 10.2. The fourth-order valence-corrected chi connectivity index (χ4v) is 2.93. The largest absolute Gasteiger partial charge is 0.495 e. The van der Waals surface area contributed by atoms with Crippen LogP contribution in [0.5, 0.6) is 5.75 Å². The minimum atomic E-state index is -0.906. The second kappa shape index (κ2) is 9.13. The third-order valence-electron chi connectivity index (χ3n) is 3.41. The van der Waals surface area contributed by atoms with E-state index in [0.29, 0.717) is 11.4 Å². The number of rotatable bonds is 7. The van der Waals surface area contributed by atoms with Gasteiger partial charge in [-0.2, -0.15) is 0 Å². The summed E-state index contributed by atoms with van der Waals surface area (Å²) in [4.78, 5) is 25.4. The van der Waals surface area contributed by atoms with Crippen molar-refractivity contribution in [2.45, 2.75) is 30.1 Å². The van der Waals surface area contributed by atoms with Crippen LogP contribution in [0.4, 0.5) is 5.69 Å². The molecule has 0 saturated carbocycles. The number of anilines is 1. The van der Waals surface area contributed by atoms with E-state index in [2.05, 4.69) is 5.32 Å². The molecule has 0 radical (unpaired) electrons. The molecule has 0 aliphatic heterocycles. The monoisotopic (exact) mass is 359 g/mol. The molecule has 132 valence electrons. The summed E-state index contributed by atoms with van der Waals surface area (Å²) >= 11 is 1.39. The summed E-state index contributed by atoms with van der Waals surface area (Å²) in [7, 11) is 1.52. The first-order valence-electron chi connectivity index (χ1n) is 7.87. The zero-order chi connectivity index (χ0) is 18.2. The lowest BCUT2D eigenvalue weighted by molar-refractivity contribution is -0.152. The second-order valence-corrected chi connectivity index (χ2v) is 6.76. The Balaban J connectivity index is 1.90. The van der Waals surface area contributed by atoms with E-state index >= 15 is 0 Å². The number of methoxy groups -OCH3 is 1. The lowest BCUT2D eigenvalue weighted by Crippen LogP contribution is -2.32. The number of ether oxygens (including phenoxy) is 2. The molecule has 2 aromatic carbocycles. The minimum Gasteiger partial charge on any atom is -0.495 e. The first kappa shape index (κ1) is 18.9. The van der Waals surface area contributed by atoms with Crippen LogP contribution in [0.2, 0.25) is 0 Å². The van der Waals surface area contributed by atoms with Crippen LogP contribution in [-0.4, -0.2) is 30.3 Å². The standard InChI is InChI=1S/C19H21NO4S/c1-13(18(21)20-16-11-7-8-12-17(16)23-3)24-19(22)14(2)25-15-9-5-4-6-10-15/h4-14H,1-3H3,(H,20,21)/t13-,14+/m1/s1. The number of hydrogen-bond acceptors (Lipinski definition) is 5. The fourth-order valence-electron chi connectivity index (χ4n) is 2.06. The Hall–Kier alpha value is -2.47. The molecule has 0 bridgehead atoms. The van der Waals surface area contributed by atoms with Gasteiger partial charge in [0.15, 0.2) is 6.10 Å². The Morgan fingerprint density at radius 1 is 1.00 bits per heavy atom. The Morgan fingerprint density at radius 3 is 2.32 bits per heavy atom. The Bertz CT molecular complexity index is 720. The summed E-state index contributed by atoms with van der Waals surface area (Å²) in [6.07, 6.45) is -0.906. The fraction of sp³-hybridized carbons (Fsp3) is 0.263. The smallest absolute Gasteiger partial charge is 0.319 e. The van der Waals surface area contributed by atoms with Gasteiger partial charge in [0, 0.05) is 4.90 Å². The molecule has 2 aromatic rings. The normalized spacial score (nSPS) is 12.8. The van der Waals surface area contributed by atoms with Crippen LogP contribution >= 0.6 is 11.8 Å². The SMILES string of the molecule is COc1ccccc1NC(=O)[C@@H](C)OC(=O)[C@H](C)Sc1ccccc1. The van der Waals surface area contributed by atoms with E-state index in [1.54, 1.807) is 38.1 Å². The van der Waals surface area contributed by atoms with Gasteiger partial charge in [0.1, 0.15) is 11.0 Å². The molecule has 1 N–H and O–H groups in total. The zero-order valence-electron chi connectivity index (χ0n) is 14.4. The van der Waals surface area contributed by atoms with Crippen LogP contribution in [0, 0.1) is 0 Å². The van der Waals surface area contributed by atoms with Crippen LogP contribution in [0.15, 0.2) is 59.5 Å². The predicted molar refractivity (Wildman–Crippen MR) is 98.9 cm³/mol. The average Bonchev–Trinajstić information content (AvgIpc) is 2.62. The Morgan fingerprint density at radius 2 is 1.64 bits per heavy atom. The molecule has 0 aliphatic rings. The summed E-state index contributed by atoms with van der Waals surface area (Å²) in [5.41, 5.74) is 0.532. The van der Waals surface area contributed by atoms with Crippen molar-refractivity contribution in [3.8, 4) is 5.75 Å². The van der Waals surface area contributed by atoms with E-state index in [0.717, 1.165) is 4.90 Å². The molecule has 0 spiro atoms. The van der Waals surface area contributed by atoms with Gasteiger partial charge in [0.25, 0.3) is 5.91 Å². The highest BCUT2D eigenvalue weighted by atomic mass is 32.2. The predicted octanol–water partition coefficient (Wildman–Crippen LogP) is 3.75. The molecule has 0 saturated heterocycles. The zero-order valence-corrected chi connectivity index (χ0v) is 15.2. The molecule has 1 amide bonds. The number of hydrogen-bond donors (Lipinski definition) is 1. The van der Waals surface area contributed by atoms with Gasteiger partial charge >= 0.3 is 5.97 Å². The van der Waals surface area contributed by atoms with Crippen molar-refractivity contribution in [1.82, 2.24) is 0 Å². The third-order valence-corrected chi connectivity index (χ3v) is 4.51. The number of para-hydroxylation sites is 2. The molecule has 0 aromatic heterocycles. The van der Waals surface area contributed by atoms with Crippen LogP contribution < -0.4 is 10.1 Å². The van der Waals surface area contributed by atoms with E-state index in [1.165, 1.54) is 18.9 Å². The van der Waals surface area contributed by atoms with E-state index < -0.39 is 23.2 Å². The van der Waals surface area contributed by atoms with E-state index in [-0.39, 0.29) is 0 Å². The number of esters is 1. The summed E-state index contributed by atoms with van der Waals surface area (Å²) in [6, 6.07) is 16.6. The van der Waals surface area contributed by atoms with Gasteiger partial charge in [-0.25, -0.2) is 0 Å². The lowest BCUT2D eigenvalue weighted by Gasteiger charge is -2.17. The molecule has 6 heteroatoms. The first-order chi connectivity index (χ1) is 12.0. The first-order valence-corrected chi connectivity index (χ1v) is 8.75. The number of benzene rings is 2. The third kappa shape index (κ3) is 5.53. The van der Waals surface area contributed by atoms with Gasteiger partial charge in [-0.3, -0.25) is 9.59 Å². The van der Waals surface area contributed by atoms with Crippen molar-refractivity contribution >= 4 is 29.3 Å². The van der Waals surface area contributed by atoms with Crippen molar-refractivity contribution in [2.75, 3.05) is 12.4 Å². The maximum Gasteiger partial charge on any atom is 0.319 e. The molecule has 5 nitrogen and oxygen atoms in total. The minimum absolute atomic E-state index is 0.408. The van der Waals surface area contributed by atoms with Crippen LogP contribution in [0.3, 0.4) is 0 Å². The van der Waals surface area contributed by atoms with E-state index in [1.807, 2.05) is 30.3 Å². The Labute approximate surface area is 151 Å². The van der Waals surface area contributed by atoms with Crippen molar-refractivity contribution < 1.29 is 19.1 Å². The van der Waals surface area contributed by atoms with Gasteiger partial charge in [0.05, 0.1) is 12.8 Å². The van der Waals surface area contributed by atoms with Crippen LogP contribution in [0.25, 0.3) is 0 Å². The number of carbonyl (C=O) groups is 2. The number of carbonyl (C=O) groups excluding carboxylic acids is 2. The molecule has 0 fully saturated rings. The molecule has 2 atom stereocenters. The highest BCUT2D eigenvalue weighted by Crippen LogP contribution is 2.25. The molecular formula is C19H21NO4S. The summed E-state index contributed by atoms with van der Waals surface area (Å²) in [6.45, 7) is 3.30. The molecular weight excluding hydrogens is 338 g/mol. The molecule has 0 unspecified atom stereocenters. The number of thioether (sulfide) groups is 1. The van der Waals surface area contributed by atoms with Gasteiger partial charge in [-0.1, -0.05) is 30.3 Å². The number of amides is 1. The van der Waals surface area contributed by atoms with Crippen molar-refractivity contribution in [1.29, 1.82) is 0 Å². The summed E-state index contributed by atoms with van der Waals surface area (Å²) in [5, 5.41) is 2.29. The van der Waals surface area contributed by atoms with Crippen molar-refractivity contribution in [2.24, 2.45) is 0 Å². The van der Waals surface area contributed by atoms with E-state index in [9.17, 15) is 9.59 Å².